The van der Waals surface area contributed by atoms with E-state index in [1.165, 1.54) is 16.7 Å². The third-order valence-corrected chi connectivity index (χ3v) is 11.3. The van der Waals surface area contributed by atoms with Crippen molar-refractivity contribution in [3.8, 4) is 11.5 Å². The van der Waals surface area contributed by atoms with Gasteiger partial charge in [0, 0.05) is 36.6 Å². The first kappa shape index (κ1) is 23.8. The molecule has 7 atom stereocenters. The number of piperidine rings is 1. The van der Waals surface area contributed by atoms with Crippen LogP contribution in [-0.4, -0.2) is 52.1 Å². The summed E-state index contributed by atoms with van der Waals surface area (Å²) in [4.78, 5) is 2.67. The molecule has 6 aliphatic rings. The van der Waals surface area contributed by atoms with Crippen molar-refractivity contribution in [2.75, 3.05) is 13.7 Å². The van der Waals surface area contributed by atoms with Crippen molar-refractivity contribution in [1.29, 1.82) is 0 Å². The van der Waals surface area contributed by atoms with Crippen molar-refractivity contribution < 1.29 is 19.7 Å². The van der Waals surface area contributed by atoms with E-state index in [0.29, 0.717) is 5.75 Å². The normalized spacial score (nSPS) is 38.7. The summed E-state index contributed by atoms with van der Waals surface area (Å²) in [6, 6.07) is 14.9. The Morgan fingerprint density at radius 2 is 1.84 bits per heavy atom. The summed E-state index contributed by atoms with van der Waals surface area (Å²) >= 11 is 0. The van der Waals surface area contributed by atoms with Gasteiger partial charge in [-0.1, -0.05) is 69.3 Å². The molecular weight excluding hydrogens is 462 g/mol. The molecule has 37 heavy (non-hydrogen) atoms. The molecule has 2 N–H and O–H groups in total. The first-order valence-electron chi connectivity index (χ1n) is 13.8. The zero-order valence-corrected chi connectivity index (χ0v) is 22.6. The lowest BCUT2D eigenvalue weighted by atomic mass is 9.35. The zero-order chi connectivity index (χ0) is 26.0. The van der Waals surface area contributed by atoms with E-state index in [1.54, 1.807) is 13.2 Å². The van der Waals surface area contributed by atoms with Crippen LogP contribution in [0.3, 0.4) is 0 Å². The number of ether oxygens (including phenoxy) is 2. The first-order chi connectivity index (χ1) is 17.5. The molecule has 2 aliphatic heterocycles. The summed E-state index contributed by atoms with van der Waals surface area (Å²) in [5.41, 5.74) is 1.16. The smallest absolute Gasteiger partial charge is 0.165 e. The minimum absolute atomic E-state index is 0.162. The Morgan fingerprint density at radius 3 is 2.54 bits per heavy atom. The van der Waals surface area contributed by atoms with E-state index in [-0.39, 0.29) is 40.1 Å². The summed E-state index contributed by atoms with van der Waals surface area (Å²) in [5, 5.41) is 23.3. The van der Waals surface area contributed by atoms with Crippen LogP contribution in [0.1, 0.15) is 57.2 Å². The van der Waals surface area contributed by atoms with Gasteiger partial charge >= 0.3 is 0 Å². The largest absolute Gasteiger partial charge is 0.504 e. The number of nitrogens with zero attached hydrogens (tertiary/aromatic N) is 1. The maximum atomic E-state index is 12.2. The molecule has 196 valence electrons. The van der Waals surface area contributed by atoms with Crippen LogP contribution >= 0.6 is 0 Å². The number of fused-ring (bicyclic) bond motifs is 1. The van der Waals surface area contributed by atoms with Gasteiger partial charge in [-0.05, 0) is 55.3 Å². The number of likely N-dealkylation sites (tertiary alicyclic amines) is 1. The highest BCUT2D eigenvalue weighted by atomic mass is 16.6. The molecule has 4 aliphatic carbocycles. The van der Waals surface area contributed by atoms with Crippen molar-refractivity contribution in [3.05, 3.63) is 71.3 Å². The lowest BCUT2D eigenvalue weighted by Gasteiger charge is -2.73. The van der Waals surface area contributed by atoms with E-state index >= 15 is 0 Å². The SMILES string of the molecule is CO[C@]12C=C[C@@]3(C[C@@H]1[C@](C)(O)C(C)(C)C)[C@H]1Cc4ccc(O)c5c4[C@@]3(CCN1Cc1ccccc1)[C@H]2O5. The molecule has 0 amide bonds. The van der Waals surface area contributed by atoms with Gasteiger partial charge in [0.15, 0.2) is 11.5 Å². The minimum atomic E-state index is -0.999. The van der Waals surface area contributed by atoms with Gasteiger partial charge in [-0.3, -0.25) is 4.90 Å². The summed E-state index contributed by atoms with van der Waals surface area (Å²) in [6.07, 6.45) is 7.04. The fraction of sp³-hybridized carbons (Fsp3) is 0.562. The molecular formula is C32H39NO4. The quantitative estimate of drug-likeness (QED) is 0.579. The van der Waals surface area contributed by atoms with Gasteiger partial charge in [0.2, 0.25) is 0 Å². The zero-order valence-electron chi connectivity index (χ0n) is 22.6. The van der Waals surface area contributed by atoms with E-state index in [1.807, 2.05) is 6.92 Å². The van der Waals surface area contributed by atoms with E-state index in [9.17, 15) is 10.2 Å². The Labute approximate surface area is 220 Å². The fourth-order valence-electron chi connectivity index (χ4n) is 9.10. The van der Waals surface area contributed by atoms with Crippen LogP contribution in [0.2, 0.25) is 0 Å². The minimum Gasteiger partial charge on any atom is -0.504 e. The van der Waals surface area contributed by atoms with Crippen LogP contribution in [0, 0.1) is 16.7 Å². The number of phenols is 1. The molecule has 2 heterocycles. The second kappa shape index (κ2) is 7.19. The maximum Gasteiger partial charge on any atom is 0.165 e. The number of hydrogen-bond acceptors (Lipinski definition) is 5. The molecule has 0 radical (unpaired) electrons. The second-order valence-corrected chi connectivity index (χ2v) is 13.4. The second-order valence-electron chi connectivity index (χ2n) is 13.4. The van der Waals surface area contributed by atoms with Crippen molar-refractivity contribution in [1.82, 2.24) is 4.90 Å². The molecule has 4 bridgehead atoms. The van der Waals surface area contributed by atoms with Crippen molar-refractivity contribution >= 4 is 0 Å². The third-order valence-electron chi connectivity index (χ3n) is 11.3. The Morgan fingerprint density at radius 1 is 1.08 bits per heavy atom. The van der Waals surface area contributed by atoms with Gasteiger partial charge in [-0.25, -0.2) is 0 Å². The average molecular weight is 502 g/mol. The number of aromatic hydroxyl groups is 1. The van der Waals surface area contributed by atoms with Crippen LogP contribution in [-0.2, 0) is 23.1 Å². The van der Waals surface area contributed by atoms with Crippen molar-refractivity contribution in [3.63, 3.8) is 0 Å². The van der Waals surface area contributed by atoms with Crippen LogP contribution in [0.25, 0.3) is 0 Å². The molecule has 2 fully saturated rings. The monoisotopic (exact) mass is 501 g/mol. The van der Waals surface area contributed by atoms with Crippen LogP contribution in [0.4, 0.5) is 0 Å². The molecule has 8 rings (SSSR count). The molecule has 1 saturated carbocycles. The highest BCUT2D eigenvalue weighted by Crippen LogP contribution is 2.76. The number of hydrogen-bond donors (Lipinski definition) is 2. The van der Waals surface area contributed by atoms with Gasteiger partial charge in [-0.15, -0.1) is 0 Å². The number of methoxy groups -OCH3 is 1. The molecule has 5 heteroatoms. The van der Waals surface area contributed by atoms with E-state index < -0.39 is 11.2 Å². The lowest BCUT2D eigenvalue weighted by molar-refractivity contribution is -0.263. The number of rotatable bonds is 4. The van der Waals surface area contributed by atoms with Crippen LogP contribution in [0.15, 0.2) is 54.6 Å². The molecule has 2 aromatic carbocycles. The van der Waals surface area contributed by atoms with E-state index in [0.717, 1.165) is 32.4 Å². The first-order valence-corrected chi connectivity index (χ1v) is 13.8. The molecule has 2 aromatic rings. The topological polar surface area (TPSA) is 62.2 Å². The predicted molar refractivity (Wildman–Crippen MR) is 143 cm³/mol. The average Bonchev–Trinajstić information content (AvgIpc) is 3.24. The number of benzene rings is 2. The summed E-state index contributed by atoms with van der Waals surface area (Å²) in [5.74, 6) is 0.695. The highest BCUT2D eigenvalue weighted by molar-refractivity contribution is 5.65. The predicted octanol–water partition coefficient (Wildman–Crippen LogP) is 4.98. The van der Waals surface area contributed by atoms with Crippen molar-refractivity contribution in [2.24, 2.45) is 16.7 Å². The van der Waals surface area contributed by atoms with Gasteiger partial charge in [-0.2, -0.15) is 0 Å². The van der Waals surface area contributed by atoms with Crippen molar-refractivity contribution in [2.45, 2.75) is 82.3 Å². The van der Waals surface area contributed by atoms with Crippen LogP contribution < -0.4 is 4.74 Å². The Hall–Kier alpha value is -2.34. The maximum absolute atomic E-state index is 12.2. The fourth-order valence-corrected chi connectivity index (χ4v) is 9.10. The lowest BCUT2D eigenvalue weighted by Crippen LogP contribution is -2.81. The Balaban J connectivity index is 1.46. The number of aliphatic hydroxyl groups is 1. The summed E-state index contributed by atoms with van der Waals surface area (Å²) < 4.78 is 13.4. The van der Waals surface area contributed by atoms with E-state index in [2.05, 4.69) is 74.2 Å². The Bertz CT molecular complexity index is 1300. The van der Waals surface area contributed by atoms with Gasteiger partial charge in [0.25, 0.3) is 0 Å². The van der Waals surface area contributed by atoms with Gasteiger partial charge in [0.1, 0.15) is 11.7 Å². The molecule has 5 nitrogen and oxygen atoms in total. The van der Waals surface area contributed by atoms with Crippen LogP contribution in [0.5, 0.6) is 11.5 Å². The Kier molecular flexibility index (Phi) is 4.62. The standard InChI is InChI=1S/C32H39NO4/c1-28(2,3)29(4,35)23-18-30-13-14-32(23,36-5)27-31(30)15-16-33(19-20-9-7-6-8-10-20)24(30)17-21-11-12-22(34)26(37-27)25(21)31/h6-14,23-24,27,34-35H,15-19H2,1-5H3/t23-,24-,27-,29+,30-,31+,32-/m1/s1. The molecule has 0 aromatic heterocycles. The summed E-state index contributed by atoms with van der Waals surface area (Å²) in [6.45, 7) is 10.2. The number of phenolic OH excluding ortho intramolecular Hbond substituents is 1. The van der Waals surface area contributed by atoms with Gasteiger partial charge < -0.3 is 19.7 Å². The molecule has 0 unspecified atom stereocenters. The highest BCUT2D eigenvalue weighted by Gasteiger charge is 2.81. The van der Waals surface area contributed by atoms with Gasteiger partial charge in [0.05, 0.1) is 11.0 Å². The van der Waals surface area contributed by atoms with E-state index in [4.69, 9.17) is 9.47 Å². The third kappa shape index (κ3) is 2.61. The summed E-state index contributed by atoms with van der Waals surface area (Å²) in [7, 11) is 1.77. The molecule has 2 spiro atoms. The molecule has 1 saturated heterocycles.